The number of nitrogens with zero attached hydrogens (tertiary/aromatic N) is 3. The van der Waals surface area contributed by atoms with Crippen LogP contribution in [0, 0.1) is 12.8 Å². The molecule has 1 aliphatic rings. The summed E-state index contributed by atoms with van der Waals surface area (Å²) < 4.78 is 1.13. The van der Waals surface area contributed by atoms with Gasteiger partial charge in [0.05, 0.1) is 6.54 Å². The SMILES string of the molecule is CCNC(=NCc1ncc(C)s1)NCC1CCN(c2ccc(Br)cc2)C1. The third-order valence-electron chi connectivity index (χ3n) is 4.42. The van der Waals surface area contributed by atoms with Crippen molar-refractivity contribution in [1.82, 2.24) is 15.6 Å². The van der Waals surface area contributed by atoms with E-state index in [1.54, 1.807) is 11.3 Å². The molecule has 2 N–H and O–H groups in total. The van der Waals surface area contributed by atoms with Gasteiger partial charge in [-0.1, -0.05) is 15.9 Å². The molecule has 7 heteroatoms. The summed E-state index contributed by atoms with van der Waals surface area (Å²) in [6, 6.07) is 8.58. The first-order valence-corrected chi connectivity index (χ1v) is 10.7. The van der Waals surface area contributed by atoms with E-state index in [1.165, 1.54) is 17.0 Å². The Hall–Kier alpha value is -1.60. The van der Waals surface area contributed by atoms with Crippen LogP contribution in [0.2, 0.25) is 0 Å². The molecule has 3 rings (SSSR count). The van der Waals surface area contributed by atoms with Crippen LogP contribution < -0.4 is 15.5 Å². The van der Waals surface area contributed by atoms with Gasteiger partial charge in [-0.25, -0.2) is 9.98 Å². The smallest absolute Gasteiger partial charge is 0.191 e. The third kappa shape index (κ3) is 5.45. The van der Waals surface area contributed by atoms with Gasteiger partial charge in [0, 0.05) is 47.4 Å². The van der Waals surface area contributed by atoms with Gasteiger partial charge in [-0.15, -0.1) is 11.3 Å². The van der Waals surface area contributed by atoms with Crippen LogP contribution in [0.25, 0.3) is 0 Å². The van der Waals surface area contributed by atoms with Crippen molar-refractivity contribution in [3.63, 3.8) is 0 Å². The van der Waals surface area contributed by atoms with Gasteiger partial charge in [0.1, 0.15) is 5.01 Å². The van der Waals surface area contributed by atoms with Crippen molar-refractivity contribution < 1.29 is 0 Å². The van der Waals surface area contributed by atoms with Gasteiger partial charge >= 0.3 is 0 Å². The van der Waals surface area contributed by atoms with Crippen molar-refractivity contribution >= 4 is 38.9 Å². The lowest BCUT2D eigenvalue weighted by atomic mass is 10.1. The number of aliphatic imine (C=N–C) groups is 1. The van der Waals surface area contributed by atoms with E-state index in [2.05, 4.69) is 79.6 Å². The maximum absolute atomic E-state index is 4.67. The van der Waals surface area contributed by atoms with E-state index in [9.17, 15) is 0 Å². The lowest BCUT2D eigenvalue weighted by Gasteiger charge is -2.19. The molecular formula is C19H26BrN5S. The molecule has 1 unspecified atom stereocenters. The van der Waals surface area contributed by atoms with Gasteiger partial charge in [0.15, 0.2) is 5.96 Å². The Bertz CT molecular complexity index is 728. The first kappa shape index (κ1) is 19.2. The Morgan fingerprint density at radius 2 is 2.15 bits per heavy atom. The maximum Gasteiger partial charge on any atom is 0.191 e. The zero-order chi connectivity index (χ0) is 18.4. The van der Waals surface area contributed by atoms with Gasteiger partial charge in [-0.3, -0.25) is 0 Å². The van der Waals surface area contributed by atoms with Crippen LogP contribution >= 0.6 is 27.3 Å². The van der Waals surface area contributed by atoms with Crippen molar-refractivity contribution in [3.05, 3.63) is 44.8 Å². The fourth-order valence-corrected chi connectivity index (χ4v) is 4.07. The molecule has 2 heterocycles. The summed E-state index contributed by atoms with van der Waals surface area (Å²) in [5, 5.41) is 7.89. The quantitative estimate of drug-likeness (QED) is 0.535. The number of guanidine groups is 1. The topological polar surface area (TPSA) is 52.6 Å². The molecule has 2 aromatic rings. The number of aryl methyl sites for hydroxylation is 1. The molecule has 26 heavy (non-hydrogen) atoms. The van der Waals surface area contributed by atoms with Crippen molar-refractivity contribution in [1.29, 1.82) is 0 Å². The Morgan fingerprint density at radius 1 is 1.35 bits per heavy atom. The van der Waals surface area contributed by atoms with E-state index in [0.717, 1.165) is 41.6 Å². The molecule has 140 valence electrons. The van der Waals surface area contributed by atoms with E-state index >= 15 is 0 Å². The second-order valence-electron chi connectivity index (χ2n) is 6.52. The number of hydrogen-bond donors (Lipinski definition) is 2. The van der Waals surface area contributed by atoms with Crippen molar-refractivity contribution in [2.75, 3.05) is 31.1 Å². The molecule has 1 aromatic carbocycles. The molecule has 0 bridgehead atoms. The first-order chi connectivity index (χ1) is 12.6. The van der Waals surface area contributed by atoms with Crippen molar-refractivity contribution in [2.24, 2.45) is 10.9 Å². The normalized spacial score (nSPS) is 17.6. The van der Waals surface area contributed by atoms with Crippen LogP contribution in [-0.4, -0.2) is 37.1 Å². The molecule has 1 atom stereocenters. The molecule has 0 amide bonds. The minimum absolute atomic E-state index is 0.628. The van der Waals surface area contributed by atoms with Crippen LogP contribution in [0.5, 0.6) is 0 Å². The molecule has 5 nitrogen and oxygen atoms in total. The minimum Gasteiger partial charge on any atom is -0.371 e. The van der Waals surface area contributed by atoms with Crippen LogP contribution in [0.1, 0.15) is 23.2 Å². The molecule has 0 aliphatic carbocycles. The van der Waals surface area contributed by atoms with E-state index in [-0.39, 0.29) is 0 Å². The number of nitrogens with one attached hydrogen (secondary N) is 2. The largest absolute Gasteiger partial charge is 0.371 e. The predicted octanol–water partition coefficient (Wildman–Crippen LogP) is 3.80. The van der Waals surface area contributed by atoms with Crippen molar-refractivity contribution in [3.8, 4) is 0 Å². The summed E-state index contributed by atoms with van der Waals surface area (Å²) in [5.74, 6) is 1.51. The maximum atomic E-state index is 4.67. The summed E-state index contributed by atoms with van der Waals surface area (Å²) in [5.41, 5.74) is 1.30. The summed E-state index contributed by atoms with van der Waals surface area (Å²) >= 11 is 5.21. The fourth-order valence-electron chi connectivity index (χ4n) is 3.09. The summed E-state index contributed by atoms with van der Waals surface area (Å²) in [4.78, 5) is 12.7. The average Bonchev–Trinajstić information content (AvgIpc) is 3.27. The van der Waals surface area contributed by atoms with Gasteiger partial charge < -0.3 is 15.5 Å². The number of rotatable bonds is 6. The molecule has 0 saturated carbocycles. The summed E-state index contributed by atoms with van der Waals surface area (Å²) in [6.07, 6.45) is 3.11. The van der Waals surface area contributed by atoms with Gasteiger partial charge in [0.25, 0.3) is 0 Å². The van der Waals surface area contributed by atoms with E-state index in [0.29, 0.717) is 12.5 Å². The number of hydrogen-bond acceptors (Lipinski definition) is 4. The monoisotopic (exact) mass is 435 g/mol. The standard InChI is InChI=1S/C19H26BrN5S/c1-3-21-19(24-12-18-22-10-14(2)26-18)23-11-15-8-9-25(13-15)17-6-4-16(20)5-7-17/h4-7,10,15H,3,8-9,11-13H2,1-2H3,(H2,21,23,24). The zero-order valence-corrected chi connectivity index (χ0v) is 17.7. The lowest BCUT2D eigenvalue weighted by molar-refractivity contribution is 0.566. The molecule has 0 spiro atoms. The number of anilines is 1. The highest BCUT2D eigenvalue weighted by atomic mass is 79.9. The Balaban J connectivity index is 1.50. The van der Waals surface area contributed by atoms with Crippen LogP contribution in [0.15, 0.2) is 39.9 Å². The van der Waals surface area contributed by atoms with E-state index in [1.807, 2.05) is 6.20 Å². The van der Waals surface area contributed by atoms with Crippen LogP contribution in [0.4, 0.5) is 5.69 Å². The number of benzene rings is 1. The zero-order valence-electron chi connectivity index (χ0n) is 15.3. The van der Waals surface area contributed by atoms with Crippen LogP contribution in [0.3, 0.4) is 0 Å². The second kappa shape index (κ2) is 9.37. The Labute approximate surface area is 168 Å². The number of aromatic nitrogens is 1. The average molecular weight is 436 g/mol. The highest BCUT2D eigenvalue weighted by Crippen LogP contribution is 2.25. The highest BCUT2D eigenvalue weighted by Gasteiger charge is 2.22. The lowest BCUT2D eigenvalue weighted by Crippen LogP contribution is -2.40. The fraction of sp³-hybridized carbons (Fsp3) is 0.474. The third-order valence-corrected chi connectivity index (χ3v) is 5.85. The summed E-state index contributed by atoms with van der Waals surface area (Å²) in [6.45, 7) is 8.79. The Morgan fingerprint density at radius 3 is 2.85 bits per heavy atom. The Kier molecular flexibility index (Phi) is 6.91. The molecule has 1 aromatic heterocycles. The van der Waals surface area contributed by atoms with Gasteiger partial charge in [-0.05, 0) is 50.5 Å². The van der Waals surface area contributed by atoms with Gasteiger partial charge in [-0.2, -0.15) is 0 Å². The molecule has 1 aliphatic heterocycles. The number of thiazole rings is 1. The summed E-state index contributed by atoms with van der Waals surface area (Å²) in [7, 11) is 0. The predicted molar refractivity (Wildman–Crippen MR) is 114 cm³/mol. The highest BCUT2D eigenvalue weighted by molar-refractivity contribution is 9.10. The number of halogens is 1. The molecular weight excluding hydrogens is 410 g/mol. The second-order valence-corrected chi connectivity index (χ2v) is 8.75. The molecule has 0 radical (unpaired) electrons. The molecule has 1 fully saturated rings. The van der Waals surface area contributed by atoms with E-state index in [4.69, 9.17) is 0 Å². The first-order valence-electron chi connectivity index (χ1n) is 9.08. The van der Waals surface area contributed by atoms with E-state index < -0.39 is 0 Å². The van der Waals surface area contributed by atoms with Crippen LogP contribution in [-0.2, 0) is 6.54 Å². The van der Waals surface area contributed by atoms with Crippen molar-refractivity contribution in [2.45, 2.75) is 26.8 Å². The minimum atomic E-state index is 0.628. The molecule has 1 saturated heterocycles. The van der Waals surface area contributed by atoms with Gasteiger partial charge in [0.2, 0.25) is 0 Å².